The third-order valence-electron chi connectivity index (χ3n) is 5.83. The number of hydrogen-bond donors (Lipinski definition) is 0. The molecule has 0 heterocycles. The molecule has 0 saturated heterocycles. The van der Waals surface area contributed by atoms with E-state index in [0.29, 0.717) is 0 Å². The molecule has 1 atom stereocenters. The van der Waals surface area contributed by atoms with E-state index in [2.05, 4.69) is 40.2 Å². The van der Waals surface area contributed by atoms with Gasteiger partial charge < -0.3 is 0 Å². The minimum absolute atomic E-state index is 0.225. The van der Waals surface area contributed by atoms with Gasteiger partial charge >= 0.3 is 0 Å². The van der Waals surface area contributed by atoms with E-state index in [1.54, 1.807) is 0 Å². The fourth-order valence-electron chi connectivity index (χ4n) is 5.31. The average Bonchev–Trinajstić information content (AvgIpc) is 2.38. The normalized spacial score (nSPS) is 41.5. The lowest BCUT2D eigenvalue weighted by molar-refractivity contribution is -0.0381. The monoisotopic (exact) mass is 338 g/mol. The molecular weight excluding hydrogens is 320 g/mol. The molecule has 0 radical (unpaired) electrons. The third-order valence-corrected chi connectivity index (χ3v) is 6.90. The Balaban J connectivity index is 1.60. The van der Waals surface area contributed by atoms with E-state index in [9.17, 15) is 0 Å². The van der Waals surface area contributed by atoms with Gasteiger partial charge in [-0.3, -0.25) is 0 Å². The molecular formula is C17H20BrCl. The minimum Gasteiger partial charge on any atom is -0.117 e. The summed E-state index contributed by atoms with van der Waals surface area (Å²) < 4.78 is 1.14. The first kappa shape index (κ1) is 12.7. The number of hydrogen-bond acceptors (Lipinski definition) is 0. The smallest absolute Gasteiger partial charge is 0.0618 e. The molecule has 4 aliphatic rings. The maximum Gasteiger partial charge on any atom is 0.0618 e. The Morgan fingerprint density at radius 3 is 1.95 bits per heavy atom. The first-order valence-corrected chi connectivity index (χ1v) is 8.83. The zero-order valence-electron chi connectivity index (χ0n) is 11.1. The van der Waals surface area contributed by atoms with E-state index in [0.717, 1.165) is 34.1 Å². The predicted molar refractivity (Wildman–Crippen MR) is 83.3 cm³/mol. The molecule has 1 unspecified atom stereocenters. The lowest BCUT2D eigenvalue weighted by atomic mass is 9.51. The Hall–Kier alpha value is -0.0100. The zero-order chi connectivity index (χ0) is 13.0. The van der Waals surface area contributed by atoms with Gasteiger partial charge in [0.1, 0.15) is 0 Å². The highest BCUT2D eigenvalue weighted by atomic mass is 79.9. The highest BCUT2D eigenvalue weighted by Gasteiger charge is 2.50. The summed E-state index contributed by atoms with van der Waals surface area (Å²) in [6.07, 6.45) is 7.34. The van der Waals surface area contributed by atoms with Gasteiger partial charge in [-0.1, -0.05) is 28.1 Å². The van der Waals surface area contributed by atoms with E-state index >= 15 is 0 Å². The van der Waals surface area contributed by atoms with Crippen LogP contribution in [0.1, 0.15) is 43.0 Å². The van der Waals surface area contributed by atoms with Crippen LogP contribution in [0.4, 0.5) is 0 Å². The second-order valence-corrected chi connectivity index (χ2v) is 8.35. The van der Waals surface area contributed by atoms with E-state index in [-0.39, 0.29) is 5.38 Å². The van der Waals surface area contributed by atoms with Gasteiger partial charge in [-0.15, -0.1) is 11.6 Å². The maximum atomic E-state index is 6.89. The summed E-state index contributed by atoms with van der Waals surface area (Å²) in [7, 11) is 0. The van der Waals surface area contributed by atoms with Gasteiger partial charge in [0.2, 0.25) is 0 Å². The van der Waals surface area contributed by atoms with Crippen molar-refractivity contribution in [3.63, 3.8) is 0 Å². The summed E-state index contributed by atoms with van der Waals surface area (Å²) in [6, 6.07) is 8.65. The van der Waals surface area contributed by atoms with Crippen molar-refractivity contribution in [1.82, 2.24) is 0 Å². The number of rotatable bonds is 2. The molecule has 4 aliphatic carbocycles. The van der Waals surface area contributed by atoms with Crippen LogP contribution in [0.15, 0.2) is 28.7 Å². The van der Waals surface area contributed by atoms with Crippen molar-refractivity contribution < 1.29 is 0 Å². The summed E-state index contributed by atoms with van der Waals surface area (Å²) in [4.78, 5) is 0. The van der Waals surface area contributed by atoms with Crippen LogP contribution >= 0.6 is 27.5 Å². The van der Waals surface area contributed by atoms with Crippen LogP contribution in [0.2, 0.25) is 0 Å². The molecule has 19 heavy (non-hydrogen) atoms. The van der Waals surface area contributed by atoms with Gasteiger partial charge in [-0.2, -0.15) is 0 Å². The first-order chi connectivity index (χ1) is 9.20. The van der Waals surface area contributed by atoms with Crippen LogP contribution in [-0.4, -0.2) is 0 Å². The molecule has 4 fully saturated rings. The van der Waals surface area contributed by atoms with Crippen molar-refractivity contribution in [1.29, 1.82) is 0 Å². The van der Waals surface area contributed by atoms with Gasteiger partial charge in [0.05, 0.1) is 5.38 Å². The van der Waals surface area contributed by atoms with Crippen LogP contribution in [0.25, 0.3) is 0 Å². The van der Waals surface area contributed by atoms with Crippen LogP contribution in [-0.2, 0) is 0 Å². The van der Waals surface area contributed by atoms with Crippen molar-refractivity contribution in [3.8, 4) is 0 Å². The van der Waals surface area contributed by atoms with Gasteiger partial charge in [0.25, 0.3) is 0 Å². The lowest BCUT2D eigenvalue weighted by Gasteiger charge is -2.55. The summed E-state index contributed by atoms with van der Waals surface area (Å²) in [5, 5.41) is 0.225. The Kier molecular flexibility index (Phi) is 3.19. The standard InChI is InChI=1S/C17H20BrCl/c18-15-3-1-12(2-4-15)17(19)16-13-6-10-5-11(8-13)9-14(16)7-10/h1-4,10-11,13-14,16-17H,5-9H2. The molecule has 0 nitrogen and oxygen atoms in total. The van der Waals surface area contributed by atoms with E-state index in [1.807, 2.05) is 0 Å². The molecule has 0 spiro atoms. The van der Waals surface area contributed by atoms with Crippen molar-refractivity contribution >= 4 is 27.5 Å². The topological polar surface area (TPSA) is 0 Å². The number of halogens is 2. The summed E-state index contributed by atoms with van der Waals surface area (Å²) >= 11 is 10.4. The Labute approximate surface area is 129 Å². The fraction of sp³-hybridized carbons (Fsp3) is 0.647. The summed E-state index contributed by atoms with van der Waals surface area (Å²) in [6.45, 7) is 0. The molecule has 0 amide bonds. The highest BCUT2D eigenvalue weighted by Crippen LogP contribution is 2.60. The molecule has 102 valence electrons. The summed E-state index contributed by atoms with van der Waals surface area (Å²) in [5.74, 6) is 4.61. The van der Waals surface area contributed by atoms with Crippen molar-refractivity contribution in [2.75, 3.05) is 0 Å². The maximum absolute atomic E-state index is 6.89. The van der Waals surface area contributed by atoms with Crippen molar-refractivity contribution in [2.45, 2.75) is 37.5 Å². The van der Waals surface area contributed by atoms with Crippen molar-refractivity contribution in [2.24, 2.45) is 29.6 Å². The number of benzene rings is 1. The van der Waals surface area contributed by atoms with E-state index in [4.69, 9.17) is 11.6 Å². The van der Waals surface area contributed by atoms with Crippen LogP contribution in [0.5, 0.6) is 0 Å². The molecule has 5 rings (SSSR count). The minimum atomic E-state index is 0.225. The van der Waals surface area contributed by atoms with Crippen LogP contribution < -0.4 is 0 Å². The van der Waals surface area contributed by atoms with Crippen molar-refractivity contribution in [3.05, 3.63) is 34.3 Å². The molecule has 0 aromatic heterocycles. The quantitative estimate of drug-likeness (QED) is 0.597. The first-order valence-electron chi connectivity index (χ1n) is 7.60. The molecule has 0 N–H and O–H groups in total. The predicted octanol–water partition coefficient (Wildman–Crippen LogP) is 5.80. The van der Waals surface area contributed by atoms with E-state index < -0.39 is 0 Å². The average molecular weight is 340 g/mol. The van der Waals surface area contributed by atoms with Crippen LogP contribution in [0, 0.1) is 29.6 Å². The second-order valence-electron chi connectivity index (χ2n) is 6.96. The molecule has 4 saturated carbocycles. The van der Waals surface area contributed by atoms with Gasteiger partial charge in [-0.05, 0) is 79.4 Å². The van der Waals surface area contributed by atoms with Crippen LogP contribution in [0.3, 0.4) is 0 Å². The zero-order valence-corrected chi connectivity index (χ0v) is 13.4. The highest BCUT2D eigenvalue weighted by molar-refractivity contribution is 9.10. The van der Waals surface area contributed by atoms with Gasteiger partial charge in [-0.25, -0.2) is 0 Å². The Morgan fingerprint density at radius 2 is 1.42 bits per heavy atom. The Morgan fingerprint density at radius 1 is 0.895 bits per heavy atom. The molecule has 0 aliphatic heterocycles. The van der Waals surface area contributed by atoms with Gasteiger partial charge in [0.15, 0.2) is 0 Å². The molecule has 1 aromatic carbocycles. The second kappa shape index (κ2) is 4.77. The fourth-order valence-corrected chi connectivity index (χ4v) is 6.14. The molecule has 2 heteroatoms. The molecule has 1 aromatic rings. The lowest BCUT2D eigenvalue weighted by Crippen LogP contribution is -2.46. The summed E-state index contributed by atoms with van der Waals surface area (Å²) in [5.41, 5.74) is 1.32. The van der Waals surface area contributed by atoms with E-state index in [1.165, 1.54) is 37.7 Å². The Bertz CT molecular complexity index is 439. The third kappa shape index (κ3) is 2.17. The molecule has 4 bridgehead atoms. The van der Waals surface area contributed by atoms with Gasteiger partial charge in [0, 0.05) is 4.47 Å². The number of alkyl halides is 1. The largest absolute Gasteiger partial charge is 0.117 e. The SMILES string of the molecule is ClC(c1ccc(Br)cc1)C1C2CC3CC(C2)CC1C3.